The summed E-state index contributed by atoms with van der Waals surface area (Å²) in [5.74, 6) is 0.897. The number of benzene rings is 1. The SMILES string of the molecule is Br.COc1ccc([Se])cc1. The van der Waals surface area contributed by atoms with Crippen molar-refractivity contribution in [2.45, 2.75) is 0 Å². The van der Waals surface area contributed by atoms with Gasteiger partial charge in [-0.3, -0.25) is 0 Å². The third-order valence-electron chi connectivity index (χ3n) is 1.06. The Morgan fingerprint density at radius 1 is 1.20 bits per heavy atom. The van der Waals surface area contributed by atoms with Crippen LogP contribution in [0.5, 0.6) is 5.75 Å². The molecule has 1 nitrogen and oxygen atoms in total. The van der Waals surface area contributed by atoms with Crippen molar-refractivity contribution in [2.75, 3.05) is 7.11 Å². The molecule has 1 radical (unpaired) electrons. The van der Waals surface area contributed by atoms with E-state index >= 15 is 0 Å². The molecule has 0 aliphatic carbocycles. The Morgan fingerprint density at radius 3 is 2.10 bits per heavy atom. The molecule has 0 unspecified atom stereocenters. The number of hydrogen-bond acceptors (Lipinski definition) is 1. The summed E-state index contributed by atoms with van der Waals surface area (Å²) in [6.45, 7) is 0. The first-order valence-electron chi connectivity index (χ1n) is 2.64. The van der Waals surface area contributed by atoms with Gasteiger partial charge in [0.25, 0.3) is 0 Å². The fraction of sp³-hybridized carbons (Fsp3) is 0.143. The van der Waals surface area contributed by atoms with Crippen LogP contribution in [-0.4, -0.2) is 23.1 Å². The van der Waals surface area contributed by atoms with Gasteiger partial charge in [0, 0.05) is 0 Å². The van der Waals surface area contributed by atoms with Crippen LogP contribution in [0, 0.1) is 0 Å². The summed E-state index contributed by atoms with van der Waals surface area (Å²) in [4.78, 5) is 0. The van der Waals surface area contributed by atoms with Crippen molar-refractivity contribution in [3.05, 3.63) is 24.3 Å². The molecule has 0 amide bonds. The maximum atomic E-state index is 4.96. The molecule has 0 atom stereocenters. The van der Waals surface area contributed by atoms with E-state index in [1.807, 2.05) is 24.3 Å². The van der Waals surface area contributed by atoms with Crippen molar-refractivity contribution in [3.63, 3.8) is 0 Å². The Morgan fingerprint density at radius 2 is 1.70 bits per heavy atom. The summed E-state index contributed by atoms with van der Waals surface area (Å²) in [5.41, 5.74) is 0. The van der Waals surface area contributed by atoms with E-state index in [1.165, 1.54) is 0 Å². The summed E-state index contributed by atoms with van der Waals surface area (Å²) in [6.07, 6.45) is 0. The number of ether oxygens (including phenoxy) is 1. The van der Waals surface area contributed by atoms with Crippen LogP contribution in [-0.2, 0) is 0 Å². The van der Waals surface area contributed by atoms with Gasteiger partial charge >= 0.3 is 62.3 Å². The first-order chi connectivity index (χ1) is 4.33. The fourth-order valence-electron chi connectivity index (χ4n) is 0.576. The molecule has 0 saturated heterocycles. The predicted molar refractivity (Wildman–Crippen MR) is 48.7 cm³/mol. The predicted octanol–water partition coefficient (Wildman–Crippen LogP) is 1.07. The van der Waals surface area contributed by atoms with Gasteiger partial charge in [-0.1, -0.05) is 0 Å². The normalized spacial score (nSPS) is 8.10. The molecule has 0 saturated carbocycles. The number of rotatable bonds is 1. The maximum absolute atomic E-state index is 4.96. The van der Waals surface area contributed by atoms with Crippen molar-refractivity contribution < 1.29 is 4.74 Å². The van der Waals surface area contributed by atoms with E-state index in [4.69, 9.17) is 4.74 Å². The average molecular weight is 267 g/mol. The zero-order valence-corrected chi connectivity index (χ0v) is 8.96. The van der Waals surface area contributed by atoms with Crippen molar-refractivity contribution in [1.82, 2.24) is 0 Å². The fourth-order valence-corrected chi connectivity index (χ4v) is 0.861. The van der Waals surface area contributed by atoms with Gasteiger partial charge in [-0.25, -0.2) is 0 Å². The van der Waals surface area contributed by atoms with Gasteiger partial charge in [-0.15, -0.1) is 17.0 Å². The molecule has 1 aromatic carbocycles. The molecule has 0 N–H and O–H groups in total. The number of hydrogen-bond donors (Lipinski definition) is 0. The summed E-state index contributed by atoms with van der Waals surface area (Å²) >= 11 is 2.90. The van der Waals surface area contributed by atoms with E-state index < -0.39 is 0 Å². The molecule has 3 heteroatoms. The average Bonchev–Trinajstić information content (AvgIpc) is 1.90. The first-order valence-corrected chi connectivity index (χ1v) is 3.49. The minimum atomic E-state index is 0. The van der Waals surface area contributed by atoms with Crippen molar-refractivity contribution in [1.29, 1.82) is 0 Å². The zero-order valence-electron chi connectivity index (χ0n) is 5.53. The van der Waals surface area contributed by atoms with Gasteiger partial charge in [0.2, 0.25) is 0 Å². The molecule has 1 rings (SSSR count). The Labute approximate surface area is 79.4 Å². The molecule has 0 spiro atoms. The molecule has 1 aromatic rings. The molecule has 0 aromatic heterocycles. The van der Waals surface area contributed by atoms with Gasteiger partial charge in [-0.05, 0) is 0 Å². The first kappa shape index (κ1) is 10.0. The minimum absolute atomic E-state index is 0. The van der Waals surface area contributed by atoms with Crippen LogP contribution in [0.25, 0.3) is 0 Å². The third-order valence-corrected chi connectivity index (χ3v) is 1.63. The monoisotopic (exact) mass is 267 g/mol. The van der Waals surface area contributed by atoms with Crippen LogP contribution < -0.4 is 9.20 Å². The van der Waals surface area contributed by atoms with E-state index in [9.17, 15) is 0 Å². The topological polar surface area (TPSA) is 9.23 Å². The van der Waals surface area contributed by atoms with Crippen molar-refractivity contribution in [2.24, 2.45) is 0 Å². The van der Waals surface area contributed by atoms with Crippen LogP contribution in [0.4, 0.5) is 0 Å². The molecule has 10 heavy (non-hydrogen) atoms. The van der Waals surface area contributed by atoms with E-state index in [1.54, 1.807) is 7.11 Å². The molecule has 0 aliphatic heterocycles. The third kappa shape index (κ3) is 2.74. The molecule has 0 fully saturated rings. The van der Waals surface area contributed by atoms with Gasteiger partial charge in [0.1, 0.15) is 0 Å². The Bertz CT molecular complexity index is 185. The Kier molecular flexibility index (Phi) is 4.79. The van der Waals surface area contributed by atoms with E-state index in [0.29, 0.717) is 0 Å². The van der Waals surface area contributed by atoms with Crippen molar-refractivity contribution in [3.8, 4) is 5.75 Å². The molecule has 55 valence electrons. The standard InChI is InChI=1S/C7H7OSe.BrH/c1-8-6-2-4-7(9)5-3-6;/h2-5H,1H3;1H. The van der Waals surface area contributed by atoms with Gasteiger partial charge in [0.05, 0.1) is 0 Å². The van der Waals surface area contributed by atoms with Crippen LogP contribution in [0.2, 0.25) is 0 Å². The molecule has 0 aliphatic rings. The number of methoxy groups -OCH3 is 1. The second-order valence-electron chi connectivity index (χ2n) is 1.68. The Balaban J connectivity index is 0.000000810. The second-order valence-corrected chi connectivity index (χ2v) is 2.66. The summed E-state index contributed by atoms with van der Waals surface area (Å²) < 4.78 is 6.09. The quantitative estimate of drug-likeness (QED) is 0.691. The summed E-state index contributed by atoms with van der Waals surface area (Å²) in [6, 6.07) is 7.79. The number of halogens is 1. The van der Waals surface area contributed by atoms with Crippen LogP contribution in [0.15, 0.2) is 24.3 Å². The van der Waals surface area contributed by atoms with Crippen LogP contribution in [0.3, 0.4) is 0 Å². The summed E-state index contributed by atoms with van der Waals surface area (Å²) in [7, 11) is 1.66. The van der Waals surface area contributed by atoms with E-state index in [0.717, 1.165) is 10.2 Å². The van der Waals surface area contributed by atoms with Gasteiger partial charge < -0.3 is 0 Å². The van der Waals surface area contributed by atoms with E-state index in [-0.39, 0.29) is 17.0 Å². The van der Waals surface area contributed by atoms with Crippen molar-refractivity contribution >= 4 is 37.5 Å². The summed E-state index contributed by atoms with van der Waals surface area (Å²) in [5, 5.41) is 0. The second kappa shape index (κ2) is 4.78. The van der Waals surface area contributed by atoms with E-state index in [2.05, 4.69) is 16.0 Å². The van der Waals surface area contributed by atoms with Crippen LogP contribution >= 0.6 is 17.0 Å². The van der Waals surface area contributed by atoms with Crippen LogP contribution in [0.1, 0.15) is 0 Å². The molecular weight excluding hydrogens is 259 g/mol. The molecule has 0 heterocycles. The van der Waals surface area contributed by atoms with Gasteiger partial charge in [0.15, 0.2) is 0 Å². The Hall–Kier alpha value is 0.0195. The molecular formula is C7H8BrOSe. The van der Waals surface area contributed by atoms with Gasteiger partial charge in [-0.2, -0.15) is 0 Å². The zero-order chi connectivity index (χ0) is 6.69. The molecule has 0 bridgehead atoms.